The second-order valence-corrected chi connectivity index (χ2v) is 11.6. The Hall–Kier alpha value is -3.66. The molecule has 1 aromatic carbocycles. The molecule has 10 heteroatoms. The lowest BCUT2D eigenvalue weighted by Gasteiger charge is -2.33. The molecule has 0 atom stereocenters. The van der Waals surface area contributed by atoms with E-state index >= 15 is 0 Å². The van der Waals surface area contributed by atoms with Gasteiger partial charge in [-0.3, -0.25) is 4.79 Å². The van der Waals surface area contributed by atoms with Crippen LogP contribution in [-0.2, 0) is 17.4 Å². The Morgan fingerprint density at radius 1 is 1.10 bits per heavy atom. The molecule has 1 aliphatic heterocycles. The molecule has 4 aromatic rings. The number of halogens is 3. The highest BCUT2D eigenvalue weighted by molar-refractivity contribution is 5.82. The molecule has 0 saturated carbocycles. The number of pyridine rings is 2. The van der Waals surface area contributed by atoms with E-state index in [0.29, 0.717) is 16.7 Å². The number of nitrogens with zero attached hydrogens (tertiary/aromatic N) is 4. The minimum atomic E-state index is -4.49. The highest BCUT2D eigenvalue weighted by Crippen LogP contribution is 2.40. The van der Waals surface area contributed by atoms with E-state index in [1.165, 1.54) is 34.1 Å². The SMILES string of the molecule is CC(C)n1c(=O)c2cnc(Nc3ccc4c(c3)CNCC4(C)C)cc2n1-c1cccc(C(C)(C)C(F)(F)F)n1. The summed E-state index contributed by atoms with van der Waals surface area (Å²) in [5.41, 5.74) is 1.30. The van der Waals surface area contributed by atoms with Crippen LogP contribution in [0.1, 0.15) is 64.4 Å². The summed E-state index contributed by atoms with van der Waals surface area (Å²) < 4.78 is 44.5. The first-order valence-corrected chi connectivity index (χ1v) is 13.0. The molecule has 0 fully saturated rings. The van der Waals surface area contributed by atoms with E-state index in [1.54, 1.807) is 16.8 Å². The van der Waals surface area contributed by atoms with Crippen LogP contribution >= 0.6 is 0 Å². The van der Waals surface area contributed by atoms with Gasteiger partial charge in [0.1, 0.15) is 11.2 Å². The first-order valence-electron chi connectivity index (χ1n) is 13.0. The smallest absolute Gasteiger partial charge is 0.340 e. The lowest BCUT2D eigenvalue weighted by Crippen LogP contribution is -2.38. The molecular weight excluding hydrogens is 505 g/mol. The van der Waals surface area contributed by atoms with E-state index in [2.05, 4.69) is 46.6 Å². The number of rotatable bonds is 5. The quantitative estimate of drug-likeness (QED) is 0.320. The highest BCUT2D eigenvalue weighted by Gasteiger charge is 2.49. The Bertz CT molecular complexity index is 1610. The second kappa shape index (κ2) is 9.22. The first-order chi connectivity index (χ1) is 18.2. The Morgan fingerprint density at radius 3 is 2.54 bits per heavy atom. The van der Waals surface area contributed by atoms with Crippen molar-refractivity contribution in [2.24, 2.45) is 0 Å². The number of aromatic nitrogens is 4. The number of fused-ring (bicyclic) bond motifs is 2. The third-order valence-electron chi connectivity index (χ3n) is 7.54. The molecule has 39 heavy (non-hydrogen) atoms. The third-order valence-corrected chi connectivity index (χ3v) is 7.54. The molecule has 0 spiro atoms. The van der Waals surface area contributed by atoms with Gasteiger partial charge in [0.05, 0.1) is 16.6 Å². The maximum Gasteiger partial charge on any atom is 0.399 e. The summed E-state index contributed by atoms with van der Waals surface area (Å²) in [7, 11) is 0. The molecule has 1 aliphatic rings. The Labute approximate surface area is 225 Å². The average Bonchev–Trinajstić information content (AvgIpc) is 3.15. The number of anilines is 2. The zero-order valence-electron chi connectivity index (χ0n) is 22.9. The summed E-state index contributed by atoms with van der Waals surface area (Å²) in [4.78, 5) is 22.2. The van der Waals surface area contributed by atoms with E-state index in [9.17, 15) is 18.0 Å². The van der Waals surface area contributed by atoms with Gasteiger partial charge in [-0.2, -0.15) is 13.2 Å². The summed E-state index contributed by atoms with van der Waals surface area (Å²) in [5.74, 6) is 0.733. The number of hydrogen-bond acceptors (Lipinski definition) is 5. The zero-order chi connectivity index (χ0) is 28.3. The van der Waals surface area contributed by atoms with E-state index in [-0.39, 0.29) is 28.5 Å². The van der Waals surface area contributed by atoms with Crippen molar-refractivity contribution in [3.05, 3.63) is 75.8 Å². The predicted molar refractivity (Wildman–Crippen MR) is 147 cm³/mol. The van der Waals surface area contributed by atoms with Crippen molar-refractivity contribution in [2.45, 2.75) is 71.1 Å². The Kier molecular flexibility index (Phi) is 6.37. The van der Waals surface area contributed by atoms with Crippen LogP contribution in [0.15, 0.2) is 53.5 Å². The molecule has 3 aromatic heterocycles. The molecule has 0 bridgehead atoms. The van der Waals surface area contributed by atoms with Gasteiger partial charge in [0, 0.05) is 42.5 Å². The first kappa shape index (κ1) is 26.9. The van der Waals surface area contributed by atoms with Crippen LogP contribution < -0.4 is 16.2 Å². The second-order valence-electron chi connectivity index (χ2n) is 11.6. The highest BCUT2D eigenvalue weighted by atomic mass is 19.4. The normalized spacial score (nSPS) is 15.5. The molecule has 2 N–H and O–H groups in total. The van der Waals surface area contributed by atoms with Crippen LogP contribution in [0, 0.1) is 0 Å². The van der Waals surface area contributed by atoms with Gasteiger partial charge in [0.25, 0.3) is 5.56 Å². The van der Waals surface area contributed by atoms with Gasteiger partial charge in [-0.1, -0.05) is 26.0 Å². The summed E-state index contributed by atoms with van der Waals surface area (Å²) in [5, 5.41) is 7.14. The molecular formula is C29H33F3N6O. The summed E-state index contributed by atoms with van der Waals surface area (Å²) in [6.45, 7) is 12.0. The third kappa shape index (κ3) is 4.60. The van der Waals surface area contributed by atoms with Gasteiger partial charge < -0.3 is 10.6 Å². The number of hydrogen-bond donors (Lipinski definition) is 2. The van der Waals surface area contributed by atoms with Gasteiger partial charge in [0.15, 0.2) is 5.82 Å². The molecule has 4 heterocycles. The van der Waals surface area contributed by atoms with Crippen molar-refractivity contribution < 1.29 is 13.2 Å². The number of benzene rings is 1. The monoisotopic (exact) mass is 538 g/mol. The number of nitrogens with one attached hydrogen (secondary N) is 2. The standard InChI is InChI=1S/C29H33F3N6O/c1-17(2)37-26(39)20-15-34-24(35-19-10-11-21-18(12-19)14-33-16-27(21,3)4)13-22(20)38(37)25-9-7-8-23(36-25)28(5,6)29(30,31)32/h7-13,15,17,33H,14,16H2,1-6H3,(H,34,35). The van der Waals surface area contributed by atoms with Crippen LogP contribution in [-0.4, -0.2) is 32.1 Å². The van der Waals surface area contributed by atoms with Crippen molar-refractivity contribution in [3.63, 3.8) is 0 Å². The summed E-state index contributed by atoms with van der Waals surface area (Å²) in [6.07, 6.45) is -2.99. The fraction of sp³-hybridized carbons (Fsp3) is 0.414. The van der Waals surface area contributed by atoms with Gasteiger partial charge in [-0.15, -0.1) is 0 Å². The van der Waals surface area contributed by atoms with Crippen molar-refractivity contribution >= 4 is 22.4 Å². The van der Waals surface area contributed by atoms with Gasteiger partial charge in [-0.05, 0) is 63.1 Å². The molecule has 0 radical (unpaired) electrons. The van der Waals surface area contributed by atoms with Crippen molar-refractivity contribution in [3.8, 4) is 5.82 Å². The number of alkyl halides is 3. The van der Waals surface area contributed by atoms with Gasteiger partial charge >= 0.3 is 6.18 Å². The van der Waals surface area contributed by atoms with E-state index in [1.807, 2.05) is 19.9 Å². The minimum absolute atomic E-state index is 0.0291. The summed E-state index contributed by atoms with van der Waals surface area (Å²) >= 11 is 0. The molecule has 0 saturated heterocycles. The minimum Gasteiger partial charge on any atom is -0.340 e. The van der Waals surface area contributed by atoms with Crippen LogP contribution in [0.5, 0.6) is 0 Å². The molecule has 0 amide bonds. The van der Waals surface area contributed by atoms with E-state index in [4.69, 9.17) is 0 Å². The van der Waals surface area contributed by atoms with Crippen molar-refractivity contribution in [1.82, 2.24) is 24.6 Å². The Morgan fingerprint density at radius 2 is 1.85 bits per heavy atom. The van der Waals surface area contributed by atoms with Crippen LogP contribution in [0.3, 0.4) is 0 Å². The largest absolute Gasteiger partial charge is 0.399 e. The molecule has 206 valence electrons. The fourth-order valence-corrected chi connectivity index (χ4v) is 5.15. The van der Waals surface area contributed by atoms with Crippen LogP contribution in [0.4, 0.5) is 24.7 Å². The predicted octanol–water partition coefficient (Wildman–Crippen LogP) is 6.13. The molecule has 7 nitrogen and oxygen atoms in total. The topological polar surface area (TPSA) is 76.8 Å². The van der Waals surface area contributed by atoms with Crippen LogP contribution in [0.25, 0.3) is 16.7 Å². The van der Waals surface area contributed by atoms with Crippen molar-refractivity contribution in [1.29, 1.82) is 0 Å². The molecule has 5 rings (SSSR count). The maximum absolute atomic E-state index is 13.8. The fourth-order valence-electron chi connectivity index (χ4n) is 5.15. The van der Waals surface area contributed by atoms with E-state index < -0.39 is 11.6 Å². The lowest BCUT2D eigenvalue weighted by molar-refractivity contribution is -0.181. The van der Waals surface area contributed by atoms with Crippen molar-refractivity contribution in [2.75, 3.05) is 11.9 Å². The molecule has 0 unspecified atom stereocenters. The zero-order valence-corrected chi connectivity index (χ0v) is 22.9. The van der Waals surface area contributed by atoms with Gasteiger partial charge in [-0.25, -0.2) is 19.3 Å². The Balaban J connectivity index is 1.62. The van der Waals surface area contributed by atoms with E-state index in [0.717, 1.165) is 32.6 Å². The maximum atomic E-state index is 13.8. The van der Waals surface area contributed by atoms with Gasteiger partial charge in [0.2, 0.25) is 0 Å². The molecule has 0 aliphatic carbocycles. The summed E-state index contributed by atoms with van der Waals surface area (Å²) in [6, 6.07) is 12.2. The lowest BCUT2D eigenvalue weighted by atomic mass is 9.79. The average molecular weight is 539 g/mol. The van der Waals surface area contributed by atoms with Crippen LogP contribution in [0.2, 0.25) is 0 Å².